The Bertz CT molecular complexity index is 930. The van der Waals surface area contributed by atoms with Gasteiger partial charge in [0.15, 0.2) is 5.96 Å². The van der Waals surface area contributed by atoms with E-state index in [-0.39, 0.29) is 24.0 Å². The molecule has 10 nitrogen and oxygen atoms in total. The van der Waals surface area contributed by atoms with Gasteiger partial charge in [-0.15, -0.1) is 0 Å². The van der Waals surface area contributed by atoms with Crippen molar-refractivity contribution in [3.8, 4) is 0 Å². The third kappa shape index (κ3) is 8.71. The SMILES string of the molecule is N=C(N)N1CCC(CCC(=O)Nc2cccc(C(=O)NCCC(=O)OC(=O)C(F)(F)F)c2)CC1. The van der Waals surface area contributed by atoms with Gasteiger partial charge in [-0.25, -0.2) is 4.79 Å². The van der Waals surface area contributed by atoms with Crippen LogP contribution in [0.15, 0.2) is 24.3 Å². The Hall–Kier alpha value is -3.64. The molecule has 5 N–H and O–H groups in total. The second kappa shape index (κ2) is 12.0. The van der Waals surface area contributed by atoms with E-state index in [1.54, 1.807) is 11.0 Å². The van der Waals surface area contributed by atoms with E-state index in [0.717, 1.165) is 12.8 Å². The number of hydrogen-bond donors (Lipinski definition) is 4. The molecule has 34 heavy (non-hydrogen) atoms. The summed E-state index contributed by atoms with van der Waals surface area (Å²) in [5.74, 6) is -4.47. The average Bonchev–Trinajstić information content (AvgIpc) is 2.77. The van der Waals surface area contributed by atoms with Crippen LogP contribution in [0.5, 0.6) is 0 Å². The molecular weight excluding hydrogens is 459 g/mol. The van der Waals surface area contributed by atoms with Crippen LogP contribution in [0.4, 0.5) is 18.9 Å². The van der Waals surface area contributed by atoms with Crippen molar-refractivity contribution >= 4 is 35.4 Å². The normalized spacial score (nSPS) is 14.3. The number of nitrogens with zero attached hydrogens (tertiary/aromatic N) is 1. The molecule has 0 unspecified atom stereocenters. The second-order valence-electron chi connectivity index (χ2n) is 7.75. The van der Waals surface area contributed by atoms with E-state index in [1.165, 1.54) is 18.2 Å². The van der Waals surface area contributed by atoms with Gasteiger partial charge in [0.1, 0.15) is 0 Å². The Morgan fingerprint density at radius 3 is 2.44 bits per heavy atom. The first-order chi connectivity index (χ1) is 16.0. The largest absolute Gasteiger partial charge is 0.491 e. The number of carbonyl (C=O) groups is 4. The maximum absolute atomic E-state index is 12.3. The van der Waals surface area contributed by atoms with E-state index >= 15 is 0 Å². The Morgan fingerprint density at radius 1 is 1.15 bits per heavy atom. The zero-order chi connectivity index (χ0) is 25.3. The molecule has 0 atom stereocenters. The van der Waals surface area contributed by atoms with Crippen molar-refractivity contribution in [1.82, 2.24) is 10.2 Å². The number of amides is 2. The Morgan fingerprint density at radius 2 is 1.82 bits per heavy atom. The van der Waals surface area contributed by atoms with Crippen LogP contribution in [0.25, 0.3) is 0 Å². The molecule has 2 amide bonds. The van der Waals surface area contributed by atoms with Gasteiger partial charge in [-0.2, -0.15) is 13.2 Å². The minimum absolute atomic E-state index is 0.0524. The van der Waals surface area contributed by atoms with Crippen molar-refractivity contribution in [3.63, 3.8) is 0 Å². The molecule has 0 spiro atoms. The summed E-state index contributed by atoms with van der Waals surface area (Å²) in [6.07, 6.45) is -3.24. The first kappa shape index (κ1) is 26.6. The lowest BCUT2D eigenvalue weighted by molar-refractivity contribution is -0.201. The number of likely N-dealkylation sites (tertiary alicyclic amines) is 1. The van der Waals surface area contributed by atoms with Crippen molar-refractivity contribution in [1.29, 1.82) is 5.41 Å². The number of hydrogen-bond acceptors (Lipinski definition) is 6. The van der Waals surface area contributed by atoms with Crippen molar-refractivity contribution in [3.05, 3.63) is 29.8 Å². The van der Waals surface area contributed by atoms with Crippen LogP contribution in [0.2, 0.25) is 0 Å². The summed E-state index contributed by atoms with van der Waals surface area (Å²) in [5, 5.41) is 12.5. The lowest BCUT2D eigenvalue weighted by atomic mass is 9.92. The summed E-state index contributed by atoms with van der Waals surface area (Å²) in [5.41, 5.74) is 6.02. The number of anilines is 1. The van der Waals surface area contributed by atoms with Crippen LogP contribution < -0.4 is 16.4 Å². The van der Waals surface area contributed by atoms with Gasteiger partial charge in [0.25, 0.3) is 5.91 Å². The molecule has 1 aromatic rings. The van der Waals surface area contributed by atoms with E-state index in [0.29, 0.717) is 37.5 Å². The van der Waals surface area contributed by atoms with Crippen molar-refractivity contribution < 1.29 is 37.1 Å². The Kier molecular flexibility index (Phi) is 9.39. The van der Waals surface area contributed by atoms with Crippen LogP contribution >= 0.6 is 0 Å². The van der Waals surface area contributed by atoms with Gasteiger partial charge in [-0.3, -0.25) is 19.8 Å². The number of guanidine groups is 1. The lowest BCUT2D eigenvalue weighted by Crippen LogP contribution is -2.42. The zero-order valence-electron chi connectivity index (χ0n) is 18.2. The summed E-state index contributed by atoms with van der Waals surface area (Å²) >= 11 is 0. The molecule has 2 rings (SSSR count). The van der Waals surface area contributed by atoms with E-state index in [1.807, 2.05) is 0 Å². The van der Waals surface area contributed by atoms with E-state index in [9.17, 15) is 32.3 Å². The number of alkyl halides is 3. The third-order valence-corrected chi connectivity index (χ3v) is 5.20. The van der Waals surface area contributed by atoms with Crippen LogP contribution in [0.3, 0.4) is 0 Å². The van der Waals surface area contributed by atoms with Crippen LogP contribution in [0.1, 0.15) is 42.5 Å². The number of halogens is 3. The minimum Gasteiger partial charge on any atom is -0.386 e. The summed E-state index contributed by atoms with van der Waals surface area (Å²) in [6.45, 7) is 1.03. The highest BCUT2D eigenvalue weighted by molar-refractivity contribution is 5.97. The predicted octanol–water partition coefficient (Wildman–Crippen LogP) is 1.76. The smallest absolute Gasteiger partial charge is 0.386 e. The molecule has 1 aliphatic rings. The number of benzene rings is 1. The van der Waals surface area contributed by atoms with Crippen LogP contribution in [0, 0.1) is 11.3 Å². The van der Waals surface area contributed by atoms with E-state index in [4.69, 9.17) is 11.1 Å². The minimum atomic E-state index is -5.28. The highest BCUT2D eigenvalue weighted by Crippen LogP contribution is 2.22. The Labute approximate surface area is 193 Å². The zero-order valence-corrected chi connectivity index (χ0v) is 18.2. The molecule has 1 fully saturated rings. The fourth-order valence-corrected chi connectivity index (χ4v) is 3.35. The van der Waals surface area contributed by atoms with Gasteiger partial charge in [-0.1, -0.05) is 6.07 Å². The number of nitrogens with one attached hydrogen (secondary N) is 3. The fourth-order valence-electron chi connectivity index (χ4n) is 3.35. The quantitative estimate of drug-likeness (QED) is 0.189. The van der Waals surface area contributed by atoms with Gasteiger partial charge >= 0.3 is 18.1 Å². The molecule has 186 valence electrons. The monoisotopic (exact) mass is 485 g/mol. The fraction of sp³-hybridized carbons (Fsp3) is 0.476. The number of ether oxygens (including phenoxy) is 1. The van der Waals surface area contributed by atoms with Crippen LogP contribution in [-0.2, 0) is 19.1 Å². The molecular formula is C21H26F3N5O5. The first-order valence-corrected chi connectivity index (χ1v) is 10.5. The van der Waals surface area contributed by atoms with E-state index < -0.39 is 30.4 Å². The van der Waals surface area contributed by atoms with Gasteiger partial charge in [0, 0.05) is 37.3 Å². The van der Waals surface area contributed by atoms with Gasteiger partial charge in [-0.05, 0) is 43.4 Å². The highest BCUT2D eigenvalue weighted by atomic mass is 19.4. The molecule has 0 bridgehead atoms. The first-order valence-electron chi connectivity index (χ1n) is 10.5. The Balaban J connectivity index is 1.74. The number of esters is 2. The number of piperidine rings is 1. The lowest BCUT2D eigenvalue weighted by Gasteiger charge is -2.32. The van der Waals surface area contributed by atoms with Crippen molar-refractivity contribution in [2.45, 2.75) is 38.3 Å². The van der Waals surface area contributed by atoms with Crippen molar-refractivity contribution in [2.75, 3.05) is 25.0 Å². The average molecular weight is 485 g/mol. The van der Waals surface area contributed by atoms with Gasteiger partial charge in [0.05, 0.1) is 6.42 Å². The molecule has 0 saturated carbocycles. The standard InChI is InChI=1S/C21H26F3N5O5/c22-21(23,24)19(33)34-17(31)6-9-27-18(32)14-2-1-3-15(12-14)28-16(30)5-4-13-7-10-29(11-8-13)20(25)26/h1-3,12-13H,4-11H2,(H3,25,26)(H,27,32)(H,28,30). The van der Waals surface area contributed by atoms with Crippen molar-refractivity contribution in [2.24, 2.45) is 11.7 Å². The summed E-state index contributed by atoms with van der Waals surface area (Å²) in [6, 6.07) is 6.02. The number of rotatable bonds is 8. The topological polar surface area (TPSA) is 155 Å². The third-order valence-electron chi connectivity index (χ3n) is 5.20. The number of carbonyl (C=O) groups excluding carboxylic acids is 4. The molecule has 0 aliphatic carbocycles. The summed E-state index contributed by atoms with van der Waals surface area (Å²) < 4.78 is 39.8. The maximum atomic E-state index is 12.3. The second-order valence-corrected chi connectivity index (χ2v) is 7.75. The van der Waals surface area contributed by atoms with Gasteiger partial charge < -0.3 is 26.0 Å². The molecule has 1 saturated heterocycles. The maximum Gasteiger partial charge on any atom is 0.491 e. The molecule has 13 heteroatoms. The van der Waals surface area contributed by atoms with E-state index in [2.05, 4.69) is 15.4 Å². The summed E-state index contributed by atoms with van der Waals surface area (Å²) in [4.78, 5) is 48.1. The molecule has 1 heterocycles. The molecule has 1 aromatic carbocycles. The summed E-state index contributed by atoms with van der Waals surface area (Å²) in [7, 11) is 0. The molecule has 0 aromatic heterocycles. The highest BCUT2D eigenvalue weighted by Gasteiger charge is 2.42. The molecule has 0 radical (unpaired) electrons. The van der Waals surface area contributed by atoms with Crippen LogP contribution in [-0.4, -0.2) is 60.4 Å². The predicted molar refractivity (Wildman–Crippen MR) is 115 cm³/mol. The number of nitrogens with two attached hydrogens (primary N) is 1. The van der Waals surface area contributed by atoms with Gasteiger partial charge in [0.2, 0.25) is 5.91 Å². The molecule has 1 aliphatic heterocycles.